The van der Waals surface area contributed by atoms with E-state index in [1.54, 1.807) is 24.3 Å². The lowest BCUT2D eigenvalue weighted by Crippen LogP contribution is -2.23. The molecule has 80 valence electrons. The van der Waals surface area contributed by atoms with Gasteiger partial charge in [0.25, 0.3) is 6.43 Å². The molecule has 5 heteroatoms. The van der Waals surface area contributed by atoms with Crippen LogP contribution in [0.3, 0.4) is 0 Å². The highest BCUT2D eigenvalue weighted by Gasteiger charge is 2.19. The summed E-state index contributed by atoms with van der Waals surface area (Å²) in [4.78, 5) is 0. The van der Waals surface area contributed by atoms with Crippen molar-refractivity contribution in [2.45, 2.75) is 12.5 Å². The first kappa shape index (κ1) is 13.8. The van der Waals surface area contributed by atoms with Gasteiger partial charge in [-0.3, -0.25) is 0 Å². The highest BCUT2D eigenvalue weighted by molar-refractivity contribution is 9.10. The summed E-state index contributed by atoms with van der Waals surface area (Å²) in [7, 11) is 1.53. The molecule has 0 saturated heterocycles. The quantitative estimate of drug-likeness (QED) is 0.898. The van der Waals surface area contributed by atoms with Crippen molar-refractivity contribution < 1.29 is 8.78 Å². The molecule has 14 heavy (non-hydrogen) atoms. The summed E-state index contributed by atoms with van der Waals surface area (Å²) < 4.78 is 25.7. The van der Waals surface area contributed by atoms with Gasteiger partial charge in [-0.1, -0.05) is 28.1 Å². The molecule has 0 amide bonds. The van der Waals surface area contributed by atoms with E-state index in [9.17, 15) is 8.78 Å². The molecule has 0 saturated carbocycles. The van der Waals surface area contributed by atoms with Crippen molar-refractivity contribution in [3.63, 3.8) is 0 Å². The van der Waals surface area contributed by atoms with Gasteiger partial charge < -0.3 is 5.32 Å². The summed E-state index contributed by atoms with van der Waals surface area (Å²) in [5, 5.41) is 2.57. The summed E-state index contributed by atoms with van der Waals surface area (Å²) in [6.07, 6.45) is -2.38. The average Bonchev–Trinajstić information content (AvgIpc) is 2.09. The second-order valence-electron chi connectivity index (χ2n) is 2.65. The van der Waals surface area contributed by atoms with Gasteiger partial charge in [0.2, 0.25) is 0 Å². The van der Waals surface area contributed by atoms with Crippen molar-refractivity contribution in [3.8, 4) is 0 Å². The molecule has 0 aromatic heterocycles. The molecule has 1 aromatic carbocycles. The number of nitrogens with one attached hydrogen (secondary N) is 1. The molecule has 0 fully saturated rings. The largest absolute Gasteiger partial charge is 0.308 e. The monoisotopic (exact) mass is 285 g/mol. The summed E-state index contributed by atoms with van der Waals surface area (Å²) >= 11 is 3.25. The molecular weight excluding hydrogens is 275 g/mol. The van der Waals surface area contributed by atoms with Gasteiger partial charge in [-0.2, -0.15) is 0 Å². The van der Waals surface area contributed by atoms with Crippen LogP contribution in [-0.2, 0) is 0 Å². The number of hydrogen-bond acceptors (Lipinski definition) is 1. The van der Waals surface area contributed by atoms with E-state index >= 15 is 0 Å². The van der Waals surface area contributed by atoms with E-state index in [0.29, 0.717) is 5.56 Å². The first-order valence-electron chi connectivity index (χ1n) is 3.86. The van der Waals surface area contributed by atoms with Crippen molar-refractivity contribution in [3.05, 3.63) is 34.3 Å². The minimum absolute atomic E-state index is 0. The molecule has 0 spiro atoms. The molecule has 0 aliphatic heterocycles. The van der Waals surface area contributed by atoms with Crippen molar-refractivity contribution >= 4 is 28.3 Å². The Kier molecular flexibility index (Phi) is 6.24. The van der Waals surface area contributed by atoms with Crippen LogP contribution in [0.2, 0.25) is 0 Å². The smallest absolute Gasteiger partial charge is 0.257 e. The molecule has 1 aromatic rings. The Morgan fingerprint density at radius 3 is 2.07 bits per heavy atom. The van der Waals surface area contributed by atoms with Crippen LogP contribution in [0.4, 0.5) is 8.78 Å². The second-order valence-corrected chi connectivity index (χ2v) is 3.57. The Morgan fingerprint density at radius 1 is 1.21 bits per heavy atom. The molecule has 0 aliphatic rings. The fourth-order valence-electron chi connectivity index (χ4n) is 1.11. The lowest BCUT2D eigenvalue weighted by Gasteiger charge is -2.15. The number of alkyl halides is 2. The Morgan fingerprint density at radius 2 is 1.71 bits per heavy atom. The van der Waals surface area contributed by atoms with Crippen LogP contribution in [0, 0.1) is 0 Å². The molecule has 1 rings (SSSR count). The maximum Gasteiger partial charge on any atom is 0.257 e. The van der Waals surface area contributed by atoms with Gasteiger partial charge in [-0.25, -0.2) is 8.78 Å². The molecule has 1 atom stereocenters. The first-order valence-corrected chi connectivity index (χ1v) is 4.65. The fraction of sp³-hybridized carbons (Fsp3) is 0.333. The summed E-state index contributed by atoms with van der Waals surface area (Å²) in [5.41, 5.74) is 0.598. The van der Waals surface area contributed by atoms with Crippen LogP contribution >= 0.6 is 28.3 Å². The molecule has 0 unspecified atom stereocenters. The lowest BCUT2D eigenvalue weighted by molar-refractivity contribution is 0.102. The molecule has 0 radical (unpaired) electrons. The van der Waals surface area contributed by atoms with Crippen LogP contribution in [0.1, 0.15) is 11.6 Å². The lowest BCUT2D eigenvalue weighted by atomic mass is 10.1. The van der Waals surface area contributed by atoms with E-state index in [1.165, 1.54) is 7.05 Å². The van der Waals surface area contributed by atoms with Crippen molar-refractivity contribution in [2.75, 3.05) is 7.05 Å². The van der Waals surface area contributed by atoms with E-state index in [1.807, 2.05) is 0 Å². The highest BCUT2D eigenvalue weighted by atomic mass is 79.9. The van der Waals surface area contributed by atoms with Crippen LogP contribution in [0.5, 0.6) is 0 Å². The predicted octanol–water partition coefficient (Wildman–Crippen LogP) is 3.40. The third kappa shape index (κ3) is 3.52. The van der Waals surface area contributed by atoms with Crippen LogP contribution in [0.15, 0.2) is 28.7 Å². The van der Waals surface area contributed by atoms with Gasteiger partial charge in [0, 0.05) is 4.47 Å². The third-order valence-electron chi connectivity index (χ3n) is 1.79. The summed E-state index contributed by atoms with van der Waals surface area (Å²) in [5.74, 6) is 0. The van der Waals surface area contributed by atoms with E-state index in [2.05, 4.69) is 21.2 Å². The Bertz CT molecular complexity index is 266. The molecule has 1 nitrogen and oxygen atoms in total. The maximum atomic E-state index is 12.4. The number of rotatable bonds is 3. The predicted molar refractivity (Wildman–Crippen MR) is 59.2 cm³/mol. The molecule has 0 bridgehead atoms. The highest BCUT2D eigenvalue weighted by Crippen LogP contribution is 2.21. The Hall–Kier alpha value is -0.190. The van der Waals surface area contributed by atoms with Gasteiger partial charge in [0.05, 0.1) is 6.04 Å². The van der Waals surface area contributed by atoms with Gasteiger partial charge >= 0.3 is 0 Å². The number of hydrogen-bond donors (Lipinski definition) is 1. The van der Waals surface area contributed by atoms with Crippen LogP contribution in [-0.4, -0.2) is 13.5 Å². The number of halogens is 4. The van der Waals surface area contributed by atoms with Gasteiger partial charge in [-0.05, 0) is 24.7 Å². The zero-order chi connectivity index (χ0) is 9.84. The molecule has 0 heterocycles. The SMILES string of the molecule is CN[C@@H](c1ccc(Br)cc1)C(F)F.Cl. The molecular formula is C9H11BrClF2N. The Labute approximate surface area is 96.4 Å². The summed E-state index contributed by atoms with van der Waals surface area (Å²) in [6, 6.07) is 5.98. The van der Waals surface area contributed by atoms with Crippen molar-refractivity contribution in [2.24, 2.45) is 0 Å². The summed E-state index contributed by atoms with van der Waals surface area (Å²) in [6.45, 7) is 0. The Balaban J connectivity index is 0.00000169. The van der Waals surface area contributed by atoms with Crippen LogP contribution in [0.25, 0.3) is 0 Å². The second kappa shape index (κ2) is 6.32. The van der Waals surface area contributed by atoms with E-state index in [4.69, 9.17) is 0 Å². The first-order chi connectivity index (χ1) is 6.15. The number of benzene rings is 1. The van der Waals surface area contributed by atoms with E-state index in [-0.39, 0.29) is 12.4 Å². The molecule has 0 aliphatic carbocycles. The van der Waals surface area contributed by atoms with Crippen LogP contribution < -0.4 is 5.32 Å². The minimum Gasteiger partial charge on any atom is -0.308 e. The standard InChI is InChI=1S/C9H10BrF2N.ClH/c1-13-8(9(11)12)6-2-4-7(10)5-3-6;/h2-5,8-9,13H,1H3;1H/t8-;/m0./s1. The van der Waals surface area contributed by atoms with E-state index in [0.717, 1.165) is 4.47 Å². The zero-order valence-corrected chi connectivity index (χ0v) is 9.91. The topological polar surface area (TPSA) is 12.0 Å². The maximum absolute atomic E-state index is 12.4. The normalized spacial score (nSPS) is 12.4. The third-order valence-corrected chi connectivity index (χ3v) is 2.32. The van der Waals surface area contributed by atoms with Crippen molar-refractivity contribution in [1.82, 2.24) is 5.32 Å². The van der Waals surface area contributed by atoms with Gasteiger partial charge in [0.1, 0.15) is 0 Å². The minimum atomic E-state index is -2.38. The van der Waals surface area contributed by atoms with Gasteiger partial charge in [0.15, 0.2) is 0 Å². The fourth-order valence-corrected chi connectivity index (χ4v) is 1.37. The van der Waals surface area contributed by atoms with E-state index < -0.39 is 12.5 Å². The zero-order valence-electron chi connectivity index (χ0n) is 7.51. The van der Waals surface area contributed by atoms with Gasteiger partial charge in [-0.15, -0.1) is 12.4 Å². The average molecular weight is 287 g/mol. The molecule has 1 N–H and O–H groups in total. The van der Waals surface area contributed by atoms with Crippen molar-refractivity contribution in [1.29, 1.82) is 0 Å².